The van der Waals surface area contributed by atoms with Crippen molar-refractivity contribution in [2.24, 2.45) is 5.73 Å². The van der Waals surface area contributed by atoms with Gasteiger partial charge in [-0.25, -0.2) is 0 Å². The lowest BCUT2D eigenvalue weighted by molar-refractivity contribution is 0.277. The van der Waals surface area contributed by atoms with Crippen LogP contribution in [0.1, 0.15) is 42.7 Å². The first-order valence-corrected chi connectivity index (χ1v) is 7.66. The first-order chi connectivity index (χ1) is 9.69. The van der Waals surface area contributed by atoms with Gasteiger partial charge < -0.3 is 5.73 Å². The molecule has 1 saturated carbocycles. The Kier molecular flexibility index (Phi) is 3.82. The van der Waals surface area contributed by atoms with Gasteiger partial charge in [0, 0.05) is 10.6 Å². The lowest BCUT2D eigenvalue weighted by Gasteiger charge is -2.38. The van der Waals surface area contributed by atoms with Gasteiger partial charge in [0.2, 0.25) is 0 Å². The molecular formula is C18H20ClN. The number of benzene rings is 2. The maximum Gasteiger partial charge on any atom is 0.0456 e. The number of hydrogen-bond acceptors (Lipinski definition) is 1. The largest absolute Gasteiger partial charge is 0.321 e. The van der Waals surface area contributed by atoms with E-state index >= 15 is 0 Å². The minimum Gasteiger partial charge on any atom is -0.321 e. The first-order valence-electron chi connectivity index (χ1n) is 7.28. The van der Waals surface area contributed by atoms with Crippen LogP contribution in [-0.2, 0) is 5.54 Å². The number of rotatable bonds is 2. The van der Waals surface area contributed by atoms with Crippen molar-refractivity contribution in [1.82, 2.24) is 0 Å². The maximum absolute atomic E-state index is 6.64. The van der Waals surface area contributed by atoms with Gasteiger partial charge in [0.25, 0.3) is 0 Å². The minimum atomic E-state index is -0.260. The van der Waals surface area contributed by atoms with Crippen LogP contribution in [0.2, 0.25) is 5.02 Å². The molecule has 2 aromatic rings. The van der Waals surface area contributed by atoms with Crippen molar-refractivity contribution in [3.05, 3.63) is 70.7 Å². The van der Waals surface area contributed by atoms with Gasteiger partial charge in [-0.3, -0.25) is 0 Å². The van der Waals surface area contributed by atoms with E-state index in [0.717, 1.165) is 36.3 Å². The Bertz CT molecular complexity index is 571. The molecule has 0 heterocycles. The Balaban J connectivity index is 1.77. The Morgan fingerprint density at radius 3 is 2.15 bits per heavy atom. The molecule has 0 bridgehead atoms. The zero-order valence-corrected chi connectivity index (χ0v) is 12.3. The van der Waals surface area contributed by atoms with Gasteiger partial charge in [0.15, 0.2) is 0 Å². The van der Waals surface area contributed by atoms with Crippen LogP contribution in [0.15, 0.2) is 54.6 Å². The third-order valence-electron chi connectivity index (χ3n) is 4.56. The molecule has 0 aliphatic heterocycles. The average molecular weight is 286 g/mol. The summed E-state index contributed by atoms with van der Waals surface area (Å²) in [5.74, 6) is 0.635. The fraction of sp³-hybridized carbons (Fsp3) is 0.333. The highest BCUT2D eigenvalue weighted by Gasteiger charge is 2.34. The van der Waals surface area contributed by atoms with Gasteiger partial charge in [-0.2, -0.15) is 0 Å². The van der Waals surface area contributed by atoms with Crippen LogP contribution >= 0.6 is 11.6 Å². The number of halogens is 1. The fourth-order valence-corrected chi connectivity index (χ4v) is 3.65. The monoisotopic (exact) mass is 285 g/mol. The number of hydrogen-bond donors (Lipinski definition) is 1. The third-order valence-corrected chi connectivity index (χ3v) is 4.89. The van der Waals surface area contributed by atoms with E-state index in [0.29, 0.717) is 5.92 Å². The predicted octanol–water partition coefficient (Wildman–Crippen LogP) is 4.85. The first kappa shape index (κ1) is 13.7. The average Bonchev–Trinajstić information content (AvgIpc) is 2.49. The van der Waals surface area contributed by atoms with Crippen molar-refractivity contribution in [3.63, 3.8) is 0 Å². The molecule has 2 N–H and O–H groups in total. The van der Waals surface area contributed by atoms with E-state index in [1.54, 1.807) is 0 Å². The van der Waals surface area contributed by atoms with Crippen LogP contribution < -0.4 is 5.73 Å². The van der Waals surface area contributed by atoms with Gasteiger partial charge >= 0.3 is 0 Å². The standard InChI is InChI=1S/C18H20ClN/c19-17-9-5-4-8-16(17)18(20)12-10-15(11-13-18)14-6-2-1-3-7-14/h1-9,15H,10-13,20H2. The summed E-state index contributed by atoms with van der Waals surface area (Å²) in [7, 11) is 0. The van der Waals surface area contributed by atoms with Crippen molar-refractivity contribution < 1.29 is 0 Å². The summed E-state index contributed by atoms with van der Waals surface area (Å²) in [5, 5.41) is 0.799. The zero-order chi connectivity index (χ0) is 14.0. The second kappa shape index (κ2) is 5.59. The second-order valence-electron chi connectivity index (χ2n) is 5.82. The van der Waals surface area contributed by atoms with Crippen LogP contribution in [0.5, 0.6) is 0 Å². The molecule has 20 heavy (non-hydrogen) atoms. The van der Waals surface area contributed by atoms with Crippen molar-refractivity contribution in [3.8, 4) is 0 Å². The molecular weight excluding hydrogens is 266 g/mol. The molecule has 0 spiro atoms. The molecule has 1 fully saturated rings. The smallest absolute Gasteiger partial charge is 0.0456 e. The van der Waals surface area contributed by atoms with Crippen molar-refractivity contribution in [2.45, 2.75) is 37.1 Å². The molecule has 1 aliphatic rings. The SMILES string of the molecule is NC1(c2ccccc2Cl)CCC(c2ccccc2)CC1. The Hall–Kier alpha value is -1.31. The molecule has 0 aromatic heterocycles. The molecule has 2 heteroatoms. The Labute approximate surface area is 125 Å². The van der Waals surface area contributed by atoms with E-state index in [-0.39, 0.29) is 5.54 Å². The van der Waals surface area contributed by atoms with Crippen molar-refractivity contribution >= 4 is 11.6 Å². The van der Waals surface area contributed by atoms with E-state index < -0.39 is 0 Å². The number of nitrogens with two attached hydrogens (primary N) is 1. The molecule has 3 rings (SSSR count). The summed E-state index contributed by atoms with van der Waals surface area (Å²) in [6.45, 7) is 0. The molecule has 1 aliphatic carbocycles. The van der Waals surface area contributed by atoms with E-state index in [4.69, 9.17) is 17.3 Å². The maximum atomic E-state index is 6.64. The second-order valence-corrected chi connectivity index (χ2v) is 6.23. The van der Waals surface area contributed by atoms with Crippen LogP contribution in [0.3, 0.4) is 0 Å². The van der Waals surface area contributed by atoms with Gasteiger partial charge in [-0.1, -0.05) is 60.1 Å². The Morgan fingerprint density at radius 2 is 1.50 bits per heavy atom. The molecule has 0 radical (unpaired) electrons. The highest BCUT2D eigenvalue weighted by atomic mass is 35.5. The topological polar surface area (TPSA) is 26.0 Å². The highest BCUT2D eigenvalue weighted by Crippen LogP contribution is 2.43. The van der Waals surface area contributed by atoms with E-state index in [1.807, 2.05) is 18.2 Å². The van der Waals surface area contributed by atoms with Crippen LogP contribution in [0.25, 0.3) is 0 Å². The van der Waals surface area contributed by atoms with Crippen molar-refractivity contribution in [1.29, 1.82) is 0 Å². The summed E-state index contributed by atoms with van der Waals surface area (Å²) in [6, 6.07) is 18.8. The van der Waals surface area contributed by atoms with E-state index in [2.05, 4.69) is 36.4 Å². The normalized spacial score (nSPS) is 26.4. The Morgan fingerprint density at radius 1 is 0.900 bits per heavy atom. The van der Waals surface area contributed by atoms with Crippen molar-refractivity contribution in [2.75, 3.05) is 0 Å². The summed E-state index contributed by atoms with van der Waals surface area (Å²) in [6.07, 6.45) is 4.25. The molecule has 0 saturated heterocycles. The van der Waals surface area contributed by atoms with Gasteiger partial charge in [0.05, 0.1) is 0 Å². The molecule has 0 amide bonds. The zero-order valence-electron chi connectivity index (χ0n) is 11.6. The predicted molar refractivity (Wildman–Crippen MR) is 85.0 cm³/mol. The van der Waals surface area contributed by atoms with Crippen LogP contribution in [-0.4, -0.2) is 0 Å². The van der Waals surface area contributed by atoms with E-state index in [1.165, 1.54) is 5.56 Å². The highest BCUT2D eigenvalue weighted by molar-refractivity contribution is 6.31. The third kappa shape index (κ3) is 2.61. The van der Waals surface area contributed by atoms with Crippen LogP contribution in [0, 0.1) is 0 Å². The summed E-state index contributed by atoms with van der Waals surface area (Å²) < 4.78 is 0. The van der Waals surface area contributed by atoms with Crippen LogP contribution in [0.4, 0.5) is 0 Å². The molecule has 104 valence electrons. The summed E-state index contributed by atoms with van der Waals surface area (Å²) >= 11 is 6.32. The summed E-state index contributed by atoms with van der Waals surface area (Å²) in [5.41, 5.74) is 8.92. The van der Waals surface area contributed by atoms with Gasteiger partial charge in [-0.15, -0.1) is 0 Å². The minimum absolute atomic E-state index is 0.260. The lowest BCUT2D eigenvalue weighted by atomic mass is 9.71. The molecule has 0 atom stereocenters. The lowest BCUT2D eigenvalue weighted by Crippen LogP contribution is -2.40. The molecule has 0 unspecified atom stereocenters. The van der Waals surface area contributed by atoms with Gasteiger partial charge in [0.1, 0.15) is 0 Å². The molecule has 1 nitrogen and oxygen atoms in total. The summed E-state index contributed by atoms with van der Waals surface area (Å²) in [4.78, 5) is 0. The fourth-order valence-electron chi connectivity index (χ4n) is 3.33. The molecule has 2 aromatic carbocycles. The van der Waals surface area contributed by atoms with Gasteiger partial charge in [-0.05, 0) is 48.8 Å². The quantitative estimate of drug-likeness (QED) is 0.838. The van der Waals surface area contributed by atoms with E-state index in [9.17, 15) is 0 Å².